The van der Waals surface area contributed by atoms with E-state index in [4.69, 9.17) is 5.26 Å². The highest BCUT2D eigenvalue weighted by molar-refractivity contribution is 7.92. The van der Waals surface area contributed by atoms with Crippen molar-refractivity contribution < 1.29 is 8.42 Å². The van der Waals surface area contributed by atoms with Crippen molar-refractivity contribution >= 4 is 21.4 Å². The van der Waals surface area contributed by atoms with Gasteiger partial charge in [0.1, 0.15) is 11.0 Å². The van der Waals surface area contributed by atoms with Gasteiger partial charge in [0.05, 0.1) is 16.9 Å². The molecule has 21 heavy (non-hydrogen) atoms. The Bertz CT molecular complexity index is 782. The van der Waals surface area contributed by atoms with Crippen LogP contribution >= 0.6 is 0 Å². The number of rotatable bonds is 5. The van der Waals surface area contributed by atoms with Crippen molar-refractivity contribution in [1.82, 2.24) is 4.98 Å². The maximum absolute atomic E-state index is 12.5. The molecule has 0 spiro atoms. The summed E-state index contributed by atoms with van der Waals surface area (Å²) in [6.07, 6.45) is 2.79. The summed E-state index contributed by atoms with van der Waals surface area (Å²) in [6.45, 7) is 2.45. The van der Waals surface area contributed by atoms with Gasteiger partial charge < -0.3 is 5.32 Å². The van der Waals surface area contributed by atoms with E-state index < -0.39 is 10.0 Å². The lowest BCUT2D eigenvalue weighted by Gasteiger charge is -2.13. The Morgan fingerprint density at radius 1 is 1.24 bits per heavy atom. The van der Waals surface area contributed by atoms with Crippen LogP contribution in [0.25, 0.3) is 0 Å². The van der Waals surface area contributed by atoms with E-state index in [-0.39, 0.29) is 16.1 Å². The van der Waals surface area contributed by atoms with Gasteiger partial charge in [-0.05, 0) is 25.1 Å². The Labute approximate surface area is 123 Å². The first-order chi connectivity index (χ1) is 10.1. The van der Waals surface area contributed by atoms with Crippen molar-refractivity contribution in [2.24, 2.45) is 0 Å². The van der Waals surface area contributed by atoms with Gasteiger partial charge in [-0.15, -0.1) is 0 Å². The molecular weight excluding hydrogens is 288 g/mol. The predicted octanol–water partition coefficient (Wildman–Crippen LogP) is 2.19. The van der Waals surface area contributed by atoms with Crippen molar-refractivity contribution in [3.63, 3.8) is 0 Å². The third-order valence-corrected chi connectivity index (χ3v) is 4.13. The first-order valence-electron chi connectivity index (χ1n) is 6.28. The number of nitrogens with zero attached hydrogens (tertiary/aromatic N) is 2. The van der Waals surface area contributed by atoms with Crippen LogP contribution in [-0.2, 0) is 10.0 Å². The van der Waals surface area contributed by atoms with Crippen molar-refractivity contribution in [2.75, 3.05) is 16.6 Å². The number of sulfonamides is 1. The third kappa shape index (κ3) is 3.30. The van der Waals surface area contributed by atoms with E-state index in [0.29, 0.717) is 12.2 Å². The molecule has 0 bridgehead atoms. The molecular formula is C14H14N4O2S. The molecule has 1 heterocycles. The molecule has 2 aromatic rings. The molecule has 2 N–H and O–H groups in total. The second kappa shape index (κ2) is 6.24. The minimum absolute atomic E-state index is 0.0413. The zero-order chi connectivity index (χ0) is 15.3. The van der Waals surface area contributed by atoms with Crippen LogP contribution < -0.4 is 10.0 Å². The molecule has 0 aliphatic carbocycles. The van der Waals surface area contributed by atoms with Gasteiger partial charge in [0.25, 0.3) is 10.0 Å². The topological polar surface area (TPSA) is 94.9 Å². The van der Waals surface area contributed by atoms with Gasteiger partial charge in [-0.2, -0.15) is 5.26 Å². The van der Waals surface area contributed by atoms with E-state index in [1.54, 1.807) is 30.3 Å². The van der Waals surface area contributed by atoms with Crippen molar-refractivity contribution in [1.29, 1.82) is 5.26 Å². The number of aromatic nitrogens is 1. The summed E-state index contributed by atoms with van der Waals surface area (Å²) in [5, 5.41) is 12.0. The number of benzene rings is 1. The summed E-state index contributed by atoms with van der Waals surface area (Å²) in [4.78, 5) is 3.90. The maximum atomic E-state index is 12.5. The first kappa shape index (κ1) is 14.8. The van der Waals surface area contributed by atoms with E-state index in [1.165, 1.54) is 12.4 Å². The largest absolute Gasteiger partial charge is 0.384 e. The molecule has 2 rings (SSSR count). The Morgan fingerprint density at radius 2 is 2.00 bits per heavy atom. The van der Waals surface area contributed by atoms with Crippen molar-refractivity contribution in [3.05, 3.63) is 48.3 Å². The van der Waals surface area contributed by atoms with Crippen molar-refractivity contribution in [2.45, 2.75) is 11.8 Å². The van der Waals surface area contributed by atoms with Gasteiger partial charge >= 0.3 is 0 Å². The molecule has 0 aliphatic heterocycles. The quantitative estimate of drug-likeness (QED) is 0.882. The number of para-hydroxylation sites is 1. The molecule has 0 aliphatic rings. The Hall–Kier alpha value is -2.59. The van der Waals surface area contributed by atoms with Crippen LogP contribution in [0.5, 0.6) is 0 Å². The SMILES string of the molecule is CCNc1ccncc1S(=O)(=O)Nc1ccccc1C#N. The highest BCUT2D eigenvalue weighted by atomic mass is 32.2. The minimum atomic E-state index is -3.82. The zero-order valence-electron chi connectivity index (χ0n) is 11.4. The molecule has 0 saturated heterocycles. The second-order valence-corrected chi connectivity index (χ2v) is 5.82. The van der Waals surface area contributed by atoms with Crippen LogP contribution in [0.3, 0.4) is 0 Å². The van der Waals surface area contributed by atoms with Gasteiger partial charge in [0.2, 0.25) is 0 Å². The first-order valence-corrected chi connectivity index (χ1v) is 7.76. The molecule has 1 aromatic heterocycles. The monoisotopic (exact) mass is 302 g/mol. The smallest absolute Gasteiger partial charge is 0.265 e. The molecule has 7 heteroatoms. The van der Waals surface area contributed by atoms with Crippen LogP contribution in [0.15, 0.2) is 47.6 Å². The number of anilines is 2. The number of hydrogen-bond acceptors (Lipinski definition) is 5. The van der Waals surface area contributed by atoms with Gasteiger partial charge in [-0.25, -0.2) is 8.42 Å². The summed E-state index contributed by atoms with van der Waals surface area (Å²) in [5.74, 6) is 0. The Balaban J connectivity index is 2.42. The van der Waals surface area contributed by atoms with Gasteiger partial charge in [0.15, 0.2) is 0 Å². The van der Waals surface area contributed by atoms with Gasteiger partial charge in [0, 0.05) is 18.9 Å². The maximum Gasteiger partial charge on any atom is 0.265 e. The normalized spacial score (nSPS) is 10.7. The molecule has 0 saturated carbocycles. The highest BCUT2D eigenvalue weighted by Gasteiger charge is 2.19. The molecule has 0 amide bonds. The minimum Gasteiger partial charge on any atom is -0.384 e. The molecule has 0 atom stereocenters. The molecule has 0 radical (unpaired) electrons. The average Bonchev–Trinajstić information content (AvgIpc) is 2.48. The molecule has 6 nitrogen and oxygen atoms in total. The summed E-state index contributed by atoms with van der Waals surface area (Å²) < 4.78 is 27.4. The summed E-state index contributed by atoms with van der Waals surface area (Å²) in [5.41, 5.74) is 0.968. The van der Waals surface area contributed by atoms with Crippen LogP contribution in [0, 0.1) is 11.3 Å². The fourth-order valence-electron chi connectivity index (χ4n) is 1.80. The lowest BCUT2D eigenvalue weighted by atomic mass is 10.2. The Morgan fingerprint density at radius 3 is 2.71 bits per heavy atom. The standard InChI is InChI=1S/C14H14N4O2S/c1-2-17-13-7-8-16-10-14(13)21(19,20)18-12-6-4-3-5-11(12)9-15/h3-8,10,18H,2H2,1H3,(H,16,17). The Kier molecular flexibility index (Phi) is 4.40. The zero-order valence-corrected chi connectivity index (χ0v) is 12.2. The summed E-state index contributed by atoms with van der Waals surface area (Å²) in [6, 6.07) is 9.96. The predicted molar refractivity (Wildman–Crippen MR) is 80.4 cm³/mol. The van der Waals surface area contributed by atoms with E-state index in [1.807, 2.05) is 13.0 Å². The van der Waals surface area contributed by atoms with Crippen LogP contribution in [0.1, 0.15) is 12.5 Å². The molecule has 0 unspecified atom stereocenters. The molecule has 1 aromatic carbocycles. The van der Waals surface area contributed by atoms with E-state index in [0.717, 1.165) is 0 Å². The molecule has 0 fully saturated rings. The number of nitrogens with one attached hydrogen (secondary N) is 2. The third-order valence-electron chi connectivity index (χ3n) is 2.73. The summed E-state index contributed by atoms with van der Waals surface area (Å²) >= 11 is 0. The fraction of sp³-hybridized carbons (Fsp3) is 0.143. The molecule has 108 valence electrons. The van der Waals surface area contributed by atoms with Crippen LogP contribution in [0.2, 0.25) is 0 Å². The van der Waals surface area contributed by atoms with Gasteiger partial charge in [-0.1, -0.05) is 12.1 Å². The highest BCUT2D eigenvalue weighted by Crippen LogP contribution is 2.24. The van der Waals surface area contributed by atoms with E-state index >= 15 is 0 Å². The number of pyridine rings is 1. The lowest BCUT2D eigenvalue weighted by molar-refractivity contribution is 0.601. The van der Waals surface area contributed by atoms with Crippen LogP contribution in [-0.4, -0.2) is 19.9 Å². The van der Waals surface area contributed by atoms with Crippen LogP contribution in [0.4, 0.5) is 11.4 Å². The number of nitriles is 1. The number of hydrogen-bond donors (Lipinski definition) is 2. The van der Waals surface area contributed by atoms with E-state index in [2.05, 4.69) is 15.0 Å². The lowest BCUT2D eigenvalue weighted by Crippen LogP contribution is -2.16. The van der Waals surface area contributed by atoms with Gasteiger partial charge in [-0.3, -0.25) is 9.71 Å². The van der Waals surface area contributed by atoms with Crippen molar-refractivity contribution in [3.8, 4) is 6.07 Å². The fourth-order valence-corrected chi connectivity index (χ4v) is 3.01. The second-order valence-electron chi connectivity index (χ2n) is 4.17. The average molecular weight is 302 g/mol. The summed E-state index contributed by atoms with van der Waals surface area (Å²) in [7, 11) is -3.82. The van der Waals surface area contributed by atoms with E-state index in [9.17, 15) is 8.42 Å².